The van der Waals surface area contributed by atoms with Crippen LogP contribution in [0.25, 0.3) is 10.8 Å². The van der Waals surface area contributed by atoms with Gasteiger partial charge >= 0.3 is 0 Å². The Labute approximate surface area is 146 Å². The van der Waals surface area contributed by atoms with E-state index in [1.807, 2.05) is 12.1 Å². The Morgan fingerprint density at radius 2 is 1.76 bits per heavy atom. The SMILES string of the molecule is O=C1c2ccccc2C2C3CC=CC3c3c(ccc4ccccc34)N12. The van der Waals surface area contributed by atoms with Crippen molar-refractivity contribution in [3.05, 3.63) is 89.5 Å². The third kappa shape index (κ3) is 1.57. The van der Waals surface area contributed by atoms with Gasteiger partial charge in [0.25, 0.3) is 5.91 Å². The van der Waals surface area contributed by atoms with Crippen molar-refractivity contribution in [2.75, 3.05) is 4.90 Å². The summed E-state index contributed by atoms with van der Waals surface area (Å²) in [5, 5.41) is 2.53. The van der Waals surface area contributed by atoms with Crippen LogP contribution in [0.4, 0.5) is 5.69 Å². The maximum absolute atomic E-state index is 13.2. The summed E-state index contributed by atoms with van der Waals surface area (Å²) < 4.78 is 0. The first-order chi connectivity index (χ1) is 12.3. The van der Waals surface area contributed by atoms with Gasteiger partial charge in [-0.25, -0.2) is 0 Å². The Hall–Kier alpha value is -2.87. The second-order valence-electron chi connectivity index (χ2n) is 7.28. The van der Waals surface area contributed by atoms with Gasteiger partial charge in [-0.1, -0.05) is 60.7 Å². The molecule has 2 nitrogen and oxygen atoms in total. The summed E-state index contributed by atoms with van der Waals surface area (Å²) in [5.74, 6) is 0.981. The van der Waals surface area contributed by atoms with Crippen molar-refractivity contribution in [3.8, 4) is 0 Å². The van der Waals surface area contributed by atoms with Crippen molar-refractivity contribution in [1.82, 2.24) is 0 Å². The molecule has 6 rings (SSSR count). The van der Waals surface area contributed by atoms with Gasteiger partial charge in [-0.3, -0.25) is 4.79 Å². The fraction of sp³-hybridized carbons (Fsp3) is 0.174. The van der Waals surface area contributed by atoms with Gasteiger partial charge in [-0.2, -0.15) is 0 Å². The number of benzene rings is 3. The number of amides is 1. The molecule has 0 radical (unpaired) electrons. The molecule has 2 heteroatoms. The number of anilines is 1. The van der Waals surface area contributed by atoms with Crippen molar-refractivity contribution in [3.63, 3.8) is 0 Å². The van der Waals surface area contributed by atoms with Crippen molar-refractivity contribution in [2.45, 2.75) is 18.4 Å². The summed E-state index contributed by atoms with van der Waals surface area (Å²) in [4.78, 5) is 15.3. The number of fused-ring (bicyclic) bond motifs is 10. The van der Waals surface area contributed by atoms with E-state index in [9.17, 15) is 4.79 Å². The molecule has 3 aromatic rings. The lowest BCUT2D eigenvalue weighted by Gasteiger charge is -2.41. The van der Waals surface area contributed by atoms with Crippen molar-refractivity contribution in [1.29, 1.82) is 0 Å². The predicted octanol–water partition coefficient (Wildman–Crippen LogP) is 5.21. The normalized spacial score (nSPS) is 25.7. The fourth-order valence-corrected chi connectivity index (χ4v) is 5.18. The maximum Gasteiger partial charge on any atom is 0.259 e. The molecule has 2 aliphatic heterocycles. The van der Waals surface area contributed by atoms with Crippen molar-refractivity contribution < 1.29 is 4.79 Å². The smallest absolute Gasteiger partial charge is 0.259 e. The van der Waals surface area contributed by atoms with E-state index >= 15 is 0 Å². The van der Waals surface area contributed by atoms with E-state index in [0.717, 1.165) is 17.7 Å². The van der Waals surface area contributed by atoms with Gasteiger partial charge < -0.3 is 4.90 Å². The third-order valence-corrected chi connectivity index (χ3v) is 6.17. The number of hydrogen-bond donors (Lipinski definition) is 0. The van der Waals surface area contributed by atoms with Crippen LogP contribution >= 0.6 is 0 Å². The summed E-state index contributed by atoms with van der Waals surface area (Å²) >= 11 is 0. The molecule has 3 aromatic carbocycles. The second kappa shape index (κ2) is 4.60. The molecule has 3 atom stereocenters. The third-order valence-electron chi connectivity index (χ3n) is 6.17. The molecule has 1 amide bonds. The van der Waals surface area contributed by atoms with Crippen LogP contribution in [0.3, 0.4) is 0 Å². The molecule has 0 fully saturated rings. The number of hydrogen-bond acceptors (Lipinski definition) is 1. The van der Waals surface area contributed by atoms with Gasteiger partial charge in [0, 0.05) is 17.2 Å². The molecule has 0 saturated heterocycles. The van der Waals surface area contributed by atoms with E-state index in [1.165, 1.54) is 21.9 Å². The van der Waals surface area contributed by atoms with E-state index < -0.39 is 0 Å². The lowest BCUT2D eigenvalue weighted by molar-refractivity contribution is 0.0981. The topological polar surface area (TPSA) is 20.3 Å². The molecule has 25 heavy (non-hydrogen) atoms. The van der Waals surface area contributed by atoms with Crippen LogP contribution in [-0.2, 0) is 0 Å². The Kier molecular flexibility index (Phi) is 2.47. The van der Waals surface area contributed by atoms with Gasteiger partial charge in [0.1, 0.15) is 0 Å². The molecule has 0 bridgehead atoms. The summed E-state index contributed by atoms with van der Waals surface area (Å²) in [6.45, 7) is 0. The van der Waals surface area contributed by atoms with Crippen LogP contribution in [0, 0.1) is 5.92 Å². The Morgan fingerprint density at radius 1 is 0.920 bits per heavy atom. The maximum atomic E-state index is 13.2. The van der Waals surface area contributed by atoms with E-state index in [-0.39, 0.29) is 11.9 Å². The molecule has 3 unspecified atom stereocenters. The molecular weight excluding hydrogens is 306 g/mol. The number of nitrogens with zero attached hydrogens (tertiary/aromatic N) is 1. The molecule has 120 valence electrons. The van der Waals surface area contributed by atoms with Crippen LogP contribution in [0.5, 0.6) is 0 Å². The molecule has 3 aliphatic rings. The number of allylic oxidation sites excluding steroid dienone is 2. The fourth-order valence-electron chi connectivity index (χ4n) is 5.18. The van der Waals surface area contributed by atoms with Crippen LogP contribution in [0.1, 0.15) is 39.9 Å². The Bertz CT molecular complexity index is 1080. The van der Waals surface area contributed by atoms with E-state index in [4.69, 9.17) is 0 Å². The Balaban J connectivity index is 1.69. The van der Waals surface area contributed by atoms with Gasteiger partial charge in [-0.15, -0.1) is 0 Å². The van der Waals surface area contributed by atoms with Crippen molar-refractivity contribution >= 4 is 22.4 Å². The van der Waals surface area contributed by atoms with Crippen LogP contribution < -0.4 is 4.90 Å². The average Bonchev–Trinajstić information content (AvgIpc) is 3.25. The lowest BCUT2D eigenvalue weighted by Crippen LogP contribution is -2.38. The van der Waals surface area contributed by atoms with Gasteiger partial charge in [0.15, 0.2) is 0 Å². The zero-order chi connectivity index (χ0) is 16.5. The highest BCUT2D eigenvalue weighted by molar-refractivity contribution is 6.13. The van der Waals surface area contributed by atoms with E-state index in [0.29, 0.717) is 11.8 Å². The van der Waals surface area contributed by atoms with Gasteiger partial charge in [0.05, 0.1) is 6.04 Å². The highest BCUT2D eigenvalue weighted by atomic mass is 16.2. The molecule has 0 aromatic heterocycles. The molecule has 0 N–H and O–H groups in total. The zero-order valence-electron chi connectivity index (χ0n) is 13.7. The number of carbonyl (C=O) groups excluding carboxylic acids is 1. The minimum Gasteiger partial charge on any atom is -0.300 e. The second-order valence-corrected chi connectivity index (χ2v) is 7.28. The quantitative estimate of drug-likeness (QED) is 0.520. The molecule has 0 saturated carbocycles. The minimum absolute atomic E-state index is 0.155. The van der Waals surface area contributed by atoms with Crippen LogP contribution in [-0.4, -0.2) is 5.91 Å². The predicted molar refractivity (Wildman–Crippen MR) is 99.9 cm³/mol. The first kappa shape index (κ1) is 13.4. The Morgan fingerprint density at radius 3 is 2.72 bits per heavy atom. The van der Waals surface area contributed by atoms with Crippen LogP contribution in [0.15, 0.2) is 72.8 Å². The first-order valence-corrected chi connectivity index (χ1v) is 8.95. The summed E-state index contributed by atoms with van der Waals surface area (Å²) in [5.41, 5.74) is 4.50. The molecule has 1 aliphatic carbocycles. The monoisotopic (exact) mass is 323 g/mol. The van der Waals surface area contributed by atoms with Crippen molar-refractivity contribution in [2.24, 2.45) is 5.92 Å². The summed E-state index contributed by atoms with van der Waals surface area (Å²) in [6.07, 6.45) is 5.70. The standard InChI is InChI=1S/C23H17NO/c25-23-19-9-4-3-8-18(19)22-17-11-5-10-16(17)21-15-7-2-1-6-14(15)12-13-20(21)24(22)23/h1-10,12-13,16-17,22H,11H2. The number of carbonyl (C=O) groups is 1. The lowest BCUT2D eigenvalue weighted by atomic mass is 9.75. The number of rotatable bonds is 0. The van der Waals surface area contributed by atoms with E-state index in [1.54, 1.807) is 0 Å². The molecule has 0 spiro atoms. The zero-order valence-corrected chi connectivity index (χ0v) is 13.7. The average molecular weight is 323 g/mol. The summed E-state index contributed by atoms with van der Waals surface area (Å²) in [6, 6.07) is 21.2. The molecular formula is C23H17NO. The summed E-state index contributed by atoms with van der Waals surface area (Å²) in [7, 11) is 0. The highest BCUT2D eigenvalue weighted by Gasteiger charge is 2.49. The largest absolute Gasteiger partial charge is 0.300 e. The molecule has 2 heterocycles. The van der Waals surface area contributed by atoms with E-state index in [2.05, 4.69) is 65.6 Å². The minimum atomic E-state index is 0.155. The first-order valence-electron chi connectivity index (χ1n) is 8.95. The highest BCUT2D eigenvalue weighted by Crippen LogP contribution is 2.57. The van der Waals surface area contributed by atoms with Crippen LogP contribution in [0.2, 0.25) is 0 Å². The van der Waals surface area contributed by atoms with Gasteiger partial charge in [-0.05, 0) is 46.4 Å². The van der Waals surface area contributed by atoms with Gasteiger partial charge in [0.2, 0.25) is 0 Å².